The molecule has 61 heavy (non-hydrogen) atoms. The second kappa shape index (κ2) is 13.2. The molecular weight excluding hydrogens is 761 g/mol. The maximum Gasteiger partial charge on any atom is 0.108 e. The van der Waals surface area contributed by atoms with Crippen LogP contribution in [0.1, 0.15) is 57.3 Å². The minimum atomic E-state index is -0.0587. The smallest absolute Gasteiger partial charge is 0.108 e. The molecule has 0 spiro atoms. The predicted molar refractivity (Wildman–Crippen MR) is 227 cm³/mol. The third kappa shape index (κ3) is 5.66. The minimum absolute atomic E-state index is 0.000793. The lowest BCUT2D eigenvalue weighted by Gasteiger charge is -2.15. The second-order valence-electron chi connectivity index (χ2n) is 15.6. The molecule has 0 bridgehead atoms. The molecule has 0 aliphatic carbocycles. The number of nitrogens with zero attached hydrogens (tertiary/aromatic N) is 8. The molecule has 12 rings (SSSR count). The van der Waals surface area contributed by atoms with Crippen LogP contribution in [0.5, 0.6) is 0 Å². The summed E-state index contributed by atoms with van der Waals surface area (Å²) < 4.78 is 21.9. The Morgan fingerprint density at radius 3 is 1.23 bits per heavy atom. The molecule has 3 saturated heterocycles. The summed E-state index contributed by atoms with van der Waals surface area (Å²) in [7, 11) is 0. The van der Waals surface area contributed by atoms with Crippen LogP contribution in [0.2, 0.25) is 0 Å². The third-order valence-corrected chi connectivity index (χ3v) is 12.0. The number of pyridine rings is 2. The number of hydrogen-bond donors (Lipinski definition) is 0. The van der Waals surface area contributed by atoms with Gasteiger partial charge in [0, 0.05) is 45.7 Å². The van der Waals surface area contributed by atoms with E-state index in [0.717, 1.165) is 94.2 Å². The van der Waals surface area contributed by atoms with E-state index < -0.39 is 0 Å². The predicted octanol–water partition coefficient (Wildman–Crippen LogP) is 9.71. The van der Waals surface area contributed by atoms with Crippen LogP contribution in [0.4, 0.5) is 0 Å². The fourth-order valence-corrected chi connectivity index (χ4v) is 8.67. The Balaban J connectivity index is 1.09. The molecule has 11 nitrogen and oxygen atoms in total. The fraction of sp³-hybridized carbons (Fsp3) is 0.120. The van der Waals surface area contributed by atoms with E-state index in [-0.39, 0.29) is 18.3 Å². The Hall–Kier alpha value is -8.16. The first-order valence-electron chi connectivity index (χ1n) is 19.8. The van der Waals surface area contributed by atoms with Gasteiger partial charge in [-0.2, -0.15) is 21.0 Å². The van der Waals surface area contributed by atoms with Gasteiger partial charge < -0.3 is 23.3 Å². The molecular formula is C50H28N8O3. The van der Waals surface area contributed by atoms with Crippen molar-refractivity contribution in [1.29, 1.82) is 21.0 Å². The van der Waals surface area contributed by atoms with E-state index in [1.54, 1.807) is 24.3 Å². The highest BCUT2D eigenvalue weighted by atomic mass is 16.6. The number of fused-ring (bicyclic) bond motifs is 6. The van der Waals surface area contributed by atoms with Gasteiger partial charge in [-0.25, -0.2) is 0 Å². The molecule has 7 heterocycles. The maximum absolute atomic E-state index is 9.78. The molecule has 0 saturated carbocycles. The molecule has 3 fully saturated rings. The molecule has 3 aliphatic heterocycles. The quantitative estimate of drug-likeness (QED) is 0.143. The number of benzene rings is 5. The van der Waals surface area contributed by atoms with Crippen molar-refractivity contribution in [2.45, 2.75) is 18.3 Å². The van der Waals surface area contributed by atoms with Crippen LogP contribution in [-0.4, -0.2) is 38.9 Å². The number of hydrogen-bond acceptors (Lipinski definition) is 9. The van der Waals surface area contributed by atoms with Gasteiger partial charge >= 0.3 is 0 Å². The van der Waals surface area contributed by atoms with E-state index in [4.69, 9.17) is 24.2 Å². The lowest BCUT2D eigenvalue weighted by Crippen LogP contribution is -2.02. The average Bonchev–Trinajstić information content (AvgIpc) is 4.17. The van der Waals surface area contributed by atoms with Crippen LogP contribution in [0.3, 0.4) is 0 Å². The van der Waals surface area contributed by atoms with Gasteiger partial charge in [0.15, 0.2) is 0 Å². The van der Waals surface area contributed by atoms with E-state index in [2.05, 4.69) is 88.0 Å². The summed E-state index contributed by atoms with van der Waals surface area (Å²) in [5.74, 6) is 0. The first-order valence-corrected chi connectivity index (χ1v) is 19.8. The highest BCUT2D eigenvalue weighted by Gasteiger charge is 2.30. The van der Waals surface area contributed by atoms with Gasteiger partial charge in [-0.15, -0.1) is 0 Å². The van der Waals surface area contributed by atoms with Crippen molar-refractivity contribution in [2.24, 2.45) is 0 Å². The van der Waals surface area contributed by atoms with Gasteiger partial charge in [0.25, 0.3) is 0 Å². The highest BCUT2D eigenvalue weighted by Crippen LogP contribution is 2.42. The Kier molecular flexibility index (Phi) is 7.53. The molecule has 0 amide bonds. The second-order valence-corrected chi connectivity index (χ2v) is 15.6. The van der Waals surface area contributed by atoms with E-state index in [1.807, 2.05) is 36.7 Å². The van der Waals surface area contributed by atoms with Crippen molar-refractivity contribution in [3.8, 4) is 57.9 Å². The first kappa shape index (κ1) is 34.8. The normalized spacial score (nSPS) is 17.5. The molecule has 5 aromatic carbocycles. The van der Waals surface area contributed by atoms with Crippen molar-refractivity contribution < 1.29 is 14.2 Å². The topological polar surface area (TPSA) is 168 Å². The molecule has 4 aromatic heterocycles. The lowest BCUT2D eigenvalue weighted by molar-refractivity contribution is 0.415. The summed E-state index contributed by atoms with van der Waals surface area (Å²) in [6.07, 6.45) is 3.73. The van der Waals surface area contributed by atoms with Crippen LogP contribution in [0, 0.1) is 45.3 Å². The van der Waals surface area contributed by atoms with Gasteiger partial charge in [0.2, 0.25) is 0 Å². The van der Waals surface area contributed by atoms with Crippen LogP contribution >= 0.6 is 0 Å². The molecule has 11 heteroatoms. The van der Waals surface area contributed by atoms with Gasteiger partial charge in [-0.3, -0.25) is 9.97 Å². The first-order chi connectivity index (χ1) is 30.0. The Morgan fingerprint density at radius 2 is 0.820 bits per heavy atom. The Bertz CT molecular complexity index is 3350. The van der Waals surface area contributed by atoms with Crippen molar-refractivity contribution in [1.82, 2.24) is 19.1 Å². The maximum atomic E-state index is 9.78. The molecule has 3 atom stereocenters. The SMILES string of the molecule is N#Cc1ccc(-c2ccc3c(c2)c2ncc(C4CO4)cc2n3-c2cc(C3CO3)cc(-n3c4ccc(-c5ccc(C#N)c(C#N)c5)cc4c4ncc(C5CO5)cc43)c2)cc1C#N. The van der Waals surface area contributed by atoms with Crippen LogP contribution < -0.4 is 0 Å². The summed E-state index contributed by atoms with van der Waals surface area (Å²) in [5.41, 5.74) is 15.2. The number of epoxide rings is 3. The van der Waals surface area contributed by atoms with Crippen molar-refractivity contribution in [2.75, 3.05) is 19.8 Å². The van der Waals surface area contributed by atoms with Crippen LogP contribution in [-0.2, 0) is 14.2 Å². The summed E-state index contributed by atoms with van der Waals surface area (Å²) in [5, 5.41) is 40.6. The Labute approximate surface area is 347 Å². The number of aromatic nitrogens is 4. The zero-order valence-electron chi connectivity index (χ0n) is 32.1. The number of rotatable bonds is 7. The van der Waals surface area contributed by atoms with Crippen molar-refractivity contribution in [3.63, 3.8) is 0 Å². The van der Waals surface area contributed by atoms with Crippen LogP contribution in [0.15, 0.2) is 116 Å². The summed E-state index contributed by atoms with van der Waals surface area (Å²) in [4.78, 5) is 10.1. The van der Waals surface area contributed by atoms with Crippen molar-refractivity contribution >= 4 is 43.9 Å². The fourth-order valence-electron chi connectivity index (χ4n) is 8.67. The summed E-state index contributed by atoms with van der Waals surface area (Å²) in [6.45, 7) is 1.92. The standard InChI is InChI=1S/C50H28N8O3/c51-18-31-3-1-27(9-34(31)20-53)29-5-7-42-40(13-29)49-44(15-36(22-55-49)47-25-60-47)57(42)38-11-33(46-24-59-46)12-39(17-38)58-43-8-6-30(28-2-4-32(19-52)35(10-28)21-54)14-41(43)50-45(58)16-37(23-56-50)48-26-61-48/h1-17,22-23,46-48H,24-26H2. The van der Waals surface area contributed by atoms with Gasteiger partial charge in [-0.1, -0.05) is 24.3 Å². The monoisotopic (exact) mass is 788 g/mol. The molecule has 0 radical (unpaired) electrons. The van der Waals surface area contributed by atoms with E-state index >= 15 is 0 Å². The third-order valence-electron chi connectivity index (χ3n) is 12.0. The molecule has 3 aliphatic rings. The van der Waals surface area contributed by atoms with Gasteiger partial charge in [0.05, 0.1) is 75.2 Å². The Morgan fingerprint density at radius 1 is 0.426 bits per heavy atom. The van der Waals surface area contributed by atoms with Crippen LogP contribution in [0.25, 0.3) is 77.5 Å². The van der Waals surface area contributed by atoms with Gasteiger partial charge in [0.1, 0.15) is 42.6 Å². The van der Waals surface area contributed by atoms with Gasteiger partial charge in [-0.05, 0) is 107 Å². The summed E-state index contributed by atoms with van der Waals surface area (Å²) >= 11 is 0. The largest absolute Gasteiger partial charge is 0.368 e. The van der Waals surface area contributed by atoms with E-state index in [9.17, 15) is 21.0 Å². The summed E-state index contributed by atoms with van der Waals surface area (Å²) in [6, 6.07) is 42.6. The van der Waals surface area contributed by atoms with E-state index in [0.29, 0.717) is 42.1 Å². The zero-order valence-corrected chi connectivity index (χ0v) is 32.1. The average molecular weight is 789 g/mol. The highest BCUT2D eigenvalue weighted by molar-refractivity contribution is 6.10. The zero-order chi connectivity index (χ0) is 40.9. The molecule has 0 N–H and O–H groups in total. The van der Waals surface area contributed by atoms with Crippen molar-refractivity contribution in [3.05, 3.63) is 154 Å². The lowest BCUT2D eigenvalue weighted by atomic mass is 9.99. The number of nitriles is 4. The van der Waals surface area contributed by atoms with E-state index in [1.165, 1.54) is 0 Å². The molecule has 286 valence electrons. The minimum Gasteiger partial charge on any atom is -0.368 e. The molecule has 3 unspecified atom stereocenters. The number of ether oxygens (including phenoxy) is 3. The molecule has 9 aromatic rings.